The van der Waals surface area contributed by atoms with Gasteiger partial charge in [0.1, 0.15) is 5.82 Å². The van der Waals surface area contributed by atoms with E-state index in [4.69, 9.17) is 0 Å². The second kappa shape index (κ2) is 9.48. The molecule has 2 aromatic rings. The fourth-order valence-electron chi connectivity index (χ4n) is 3.65. The van der Waals surface area contributed by atoms with Crippen LogP contribution in [0.4, 0.5) is 4.39 Å². The summed E-state index contributed by atoms with van der Waals surface area (Å²) in [7, 11) is 0. The maximum atomic E-state index is 13.2. The molecule has 2 aromatic carbocycles. The zero-order chi connectivity index (χ0) is 18.2. The summed E-state index contributed by atoms with van der Waals surface area (Å²) in [6, 6.07) is 17.4. The van der Waals surface area contributed by atoms with Crippen molar-refractivity contribution in [1.82, 2.24) is 10.2 Å². The first kappa shape index (κ1) is 18.6. The molecular formula is C22H27FN2O. The van der Waals surface area contributed by atoms with E-state index < -0.39 is 0 Å². The first-order chi connectivity index (χ1) is 12.7. The maximum Gasteiger partial charge on any atom is 0.222 e. The van der Waals surface area contributed by atoms with Crippen molar-refractivity contribution in [2.24, 2.45) is 0 Å². The van der Waals surface area contributed by atoms with E-state index in [1.54, 1.807) is 12.1 Å². The monoisotopic (exact) mass is 354 g/mol. The Hall–Kier alpha value is -2.20. The molecule has 1 atom stereocenters. The molecule has 1 N–H and O–H groups in total. The van der Waals surface area contributed by atoms with Crippen LogP contribution in [0.2, 0.25) is 0 Å². The predicted molar refractivity (Wildman–Crippen MR) is 102 cm³/mol. The molecule has 3 rings (SSSR count). The molecule has 3 nitrogen and oxygen atoms in total. The van der Waals surface area contributed by atoms with Crippen LogP contribution in [0.3, 0.4) is 0 Å². The predicted octanol–water partition coefficient (Wildman–Crippen LogP) is 3.93. The standard InChI is InChI=1S/C22H27FN2O/c23-20-10-4-8-19(16-20)17-24-14-13-21-11-12-22(26)25(21)15-5-9-18-6-2-1-3-7-18/h1-4,6-8,10,16,21,24H,5,9,11-15,17H2/t21-/m1/s1. The minimum Gasteiger partial charge on any atom is -0.340 e. The van der Waals surface area contributed by atoms with E-state index in [2.05, 4.69) is 34.5 Å². The van der Waals surface area contributed by atoms with Gasteiger partial charge in [-0.05, 0) is 55.5 Å². The van der Waals surface area contributed by atoms with Crippen molar-refractivity contribution in [3.63, 3.8) is 0 Å². The SMILES string of the molecule is O=C1CC[C@H](CCNCc2cccc(F)c2)N1CCCc1ccccc1. The third-order valence-corrected chi connectivity index (χ3v) is 5.03. The molecule has 0 spiro atoms. The normalized spacial score (nSPS) is 17.0. The van der Waals surface area contributed by atoms with Crippen molar-refractivity contribution < 1.29 is 9.18 Å². The van der Waals surface area contributed by atoms with Gasteiger partial charge in [0.15, 0.2) is 0 Å². The average molecular weight is 354 g/mol. The highest BCUT2D eigenvalue weighted by Crippen LogP contribution is 2.22. The van der Waals surface area contributed by atoms with E-state index in [9.17, 15) is 9.18 Å². The number of carbonyl (C=O) groups excluding carboxylic acids is 1. The molecule has 1 heterocycles. The van der Waals surface area contributed by atoms with Crippen LogP contribution in [-0.4, -0.2) is 29.9 Å². The fraction of sp³-hybridized carbons (Fsp3) is 0.409. The summed E-state index contributed by atoms with van der Waals surface area (Å²) < 4.78 is 13.2. The Morgan fingerprint density at radius 1 is 1.08 bits per heavy atom. The number of nitrogens with zero attached hydrogens (tertiary/aromatic N) is 1. The van der Waals surface area contributed by atoms with Gasteiger partial charge in [-0.15, -0.1) is 0 Å². The smallest absolute Gasteiger partial charge is 0.222 e. The van der Waals surface area contributed by atoms with Crippen molar-refractivity contribution in [2.45, 2.75) is 44.7 Å². The number of carbonyl (C=O) groups is 1. The molecule has 0 saturated carbocycles. The van der Waals surface area contributed by atoms with E-state index in [0.29, 0.717) is 19.0 Å². The van der Waals surface area contributed by atoms with E-state index in [0.717, 1.165) is 44.3 Å². The highest BCUT2D eigenvalue weighted by molar-refractivity contribution is 5.78. The van der Waals surface area contributed by atoms with Gasteiger partial charge in [-0.3, -0.25) is 4.79 Å². The Morgan fingerprint density at radius 3 is 2.69 bits per heavy atom. The number of rotatable bonds is 9. The molecule has 1 aliphatic rings. The Morgan fingerprint density at radius 2 is 1.88 bits per heavy atom. The third-order valence-electron chi connectivity index (χ3n) is 5.03. The topological polar surface area (TPSA) is 32.3 Å². The highest BCUT2D eigenvalue weighted by Gasteiger charge is 2.29. The number of likely N-dealkylation sites (tertiary alicyclic amines) is 1. The second-order valence-electron chi connectivity index (χ2n) is 6.96. The summed E-state index contributed by atoms with van der Waals surface area (Å²) in [4.78, 5) is 14.2. The van der Waals surface area contributed by atoms with E-state index in [-0.39, 0.29) is 11.7 Å². The molecule has 138 valence electrons. The zero-order valence-electron chi connectivity index (χ0n) is 15.2. The van der Waals surface area contributed by atoms with Crippen molar-refractivity contribution in [3.05, 3.63) is 71.5 Å². The van der Waals surface area contributed by atoms with Gasteiger partial charge in [-0.2, -0.15) is 0 Å². The Balaban J connectivity index is 1.39. The van der Waals surface area contributed by atoms with Gasteiger partial charge in [0.2, 0.25) is 5.91 Å². The van der Waals surface area contributed by atoms with Gasteiger partial charge < -0.3 is 10.2 Å². The fourth-order valence-corrected chi connectivity index (χ4v) is 3.65. The van der Waals surface area contributed by atoms with Gasteiger partial charge >= 0.3 is 0 Å². The molecule has 0 radical (unpaired) electrons. The lowest BCUT2D eigenvalue weighted by molar-refractivity contribution is -0.129. The van der Waals surface area contributed by atoms with Gasteiger partial charge in [0, 0.05) is 25.6 Å². The van der Waals surface area contributed by atoms with Gasteiger partial charge in [-0.1, -0.05) is 42.5 Å². The molecule has 0 aliphatic carbocycles. The lowest BCUT2D eigenvalue weighted by atomic mass is 10.1. The number of amides is 1. The molecular weight excluding hydrogens is 327 g/mol. The molecule has 1 saturated heterocycles. The number of halogens is 1. The number of benzene rings is 2. The quantitative estimate of drug-likeness (QED) is 0.692. The van der Waals surface area contributed by atoms with Crippen LogP contribution in [0, 0.1) is 5.82 Å². The van der Waals surface area contributed by atoms with Crippen molar-refractivity contribution in [3.8, 4) is 0 Å². The summed E-state index contributed by atoms with van der Waals surface area (Å²) in [6.07, 6.45) is 4.58. The minimum absolute atomic E-state index is 0.199. The number of hydrogen-bond acceptors (Lipinski definition) is 2. The van der Waals surface area contributed by atoms with E-state index >= 15 is 0 Å². The first-order valence-electron chi connectivity index (χ1n) is 9.51. The van der Waals surface area contributed by atoms with Crippen LogP contribution in [-0.2, 0) is 17.8 Å². The lowest BCUT2D eigenvalue weighted by Gasteiger charge is -2.25. The Kier molecular flexibility index (Phi) is 6.78. The summed E-state index contributed by atoms with van der Waals surface area (Å²) in [5.74, 6) is 0.0865. The summed E-state index contributed by atoms with van der Waals surface area (Å²) in [6.45, 7) is 2.33. The molecule has 0 unspecified atom stereocenters. The van der Waals surface area contributed by atoms with Gasteiger partial charge in [0.05, 0.1) is 0 Å². The second-order valence-corrected chi connectivity index (χ2v) is 6.96. The minimum atomic E-state index is -0.199. The summed E-state index contributed by atoms with van der Waals surface area (Å²) in [5.41, 5.74) is 2.28. The first-order valence-corrected chi connectivity index (χ1v) is 9.51. The van der Waals surface area contributed by atoms with Crippen molar-refractivity contribution in [2.75, 3.05) is 13.1 Å². The lowest BCUT2D eigenvalue weighted by Crippen LogP contribution is -2.36. The molecule has 1 fully saturated rings. The zero-order valence-corrected chi connectivity index (χ0v) is 15.2. The number of aryl methyl sites for hydroxylation is 1. The van der Waals surface area contributed by atoms with Crippen LogP contribution in [0.25, 0.3) is 0 Å². The van der Waals surface area contributed by atoms with Crippen LogP contribution >= 0.6 is 0 Å². The van der Waals surface area contributed by atoms with Crippen molar-refractivity contribution >= 4 is 5.91 Å². The third kappa shape index (κ3) is 5.40. The van der Waals surface area contributed by atoms with Crippen LogP contribution < -0.4 is 5.32 Å². The Bertz CT molecular complexity index is 704. The molecule has 1 amide bonds. The van der Waals surface area contributed by atoms with Crippen LogP contribution in [0.1, 0.15) is 36.8 Å². The summed E-state index contributed by atoms with van der Waals surface area (Å²) in [5, 5.41) is 3.37. The maximum absolute atomic E-state index is 13.2. The molecule has 0 aromatic heterocycles. The molecule has 1 aliphatic heterocycles. The molecule has 0 bridgehead atoms. The average Bonchev–Trinajstić information content (AvgIpc) is 3.00. The molecule has 4 heteroatoms. The van der Waals surface area contributed by atoms with Crippen molar-refractivity contribution in [1.29, 1.82) is 0 Å². The Labute approximate surface area is 155 Å². The van der Waals surface area contributed by atoms with E-state index in [1.165, 1.54) is 11.6 Å². The number of nitrogens with one attached hydrogen (secondary N) is 1. The highest BCUT2D eigenvalue weighted by atomic mass is 19.1. The number of hydrogen-bond donors (Lipinski definition) is 1. The largest absolute Gasteiger partial charge is 0.340 e. The summed E-state index contributed by atoms with van der Waals surface area (Å²) >= 11 is 0. The molecule has 26 heavy (non-hydrogen) atoms. The van der Waals surface area contributed by atoms with Gasteiger partial charge in [-0.25, -0.2) is 4.39 Å². The van der Waals surface area contributed by atoms with Crippen LogP contribution in [0.5, 0.6) is 0 Å². The van der Waals surface area contributed by atoms with Crippen LogP contribution in [0.15, 0.2) is 54.6 Å². The van der Waals surface area contributed by atoms with E-state index in [1.807, 2.05) is 12.1 Å². The van der Waals surface area contributed by atoms with Gasteiger partial charge in [0.25, 0.3) is 0 Å².